The second-order valence-electron chi connectivity index (χ2n) is 5.05. The minimum Gasteiger partial charge on any atom is -0.496 e. The Labute approximate surface area is 144 Å². The van der Waals surface area contributed by atoms with E-state index in [4.69, 9.17) is 9.47 Å². The number of hydrogen-bond donors (Lipinski definition) is 2. The lowest BCUT2D eigenvalue weighted by molar-refractivity contribution is 0.0268. The maximum absolute atomic E-state index is 5.37. The molecule has 1 aromatic rings. The van der Waals surface area contributed by atoms with E-state index in [0.29, 0.717) is 13.1 Å². The van der Waals surface area contributed by atoms with E-state index in [1.807, 2.05) is 38.1 Å². The summed E-state index contributed by atoms with van der Waals surface area (Å²) in [6, 6.07) is 7.92. The van der Waals surface area contributed by atoms with Crippen LogP contribution in [-0.4, -0.2) is 39.4 Å². The second kappa shape index (κ2) is 9.83. The molecular formula is C15H26IN3O2. The minimum absolute atomic E-state index is 0. The summed E-state index contributed by atoms with van der Waals surface area (Å²) in [5.41, 5.74) is 0.853. The van der Waals surface area contributed by atoms with Gasteiger partial charge in [-0.05, 0) is 19.9 Å². The molecule has 0 atom stereocenters. The van der Waals surface area contributed by atoms with Crippen molar-refractivity contribution >= 4 is 29.9 Å². The van der Waals surface area contributed by atoms with Gasteiger partial charge in [0.1, 0.15) is 5.75 Å². The smallest absolute Gasteiger partial charge is 0.191 e. The van der Waals surface area contributed by atoms with Crippen LogP contribution in [0, 0.1) is 0 Å². The fourth-order valence-corrected chi connectivity index (χ4v) is 1.62. The van der Waals surface area contributed by atoms with E-state index < -0.39 is 0 Å². The molecule has 0 saturated heterocycles. The van der Waals surface area contributed by atoms with Crippen molar-refractivity contribution in [2.75, 3.05) is 27.8 Å². The van der Waals surface area contributed by atoms with Gasteiger partial charge in [0.15, 0.2) is 5.96 Å². The number of ether oxygens (including phenoxy) is 2. The average molecular weight is 407 g/mol. The Morgan fingerprint density at radius 1 is 1.19 bits per heavy atom. The van der Waals surface area contributed by atoms with E-state index >= 15 is 0 Å². The maximum Gasteiger partial charge on any atom is 0.191 e. The number of para-hydroxylation sites is 1. The molecule has 6 heteroatoms. The van der Waals surface area contributed by atoms with Gasteiger partial charge in [-0.15, -0.1) is 24.0 Å². The van der Waals surface area contributed by atoms with Crippen molar-refractivity contribution < 1.29 is 9.47 Å². The van der Waals surface area contributed by atoms with Crippen LogP contribution in [0.1, 0.15) is 19.4 Å². The zero-order valence-electron chi connectivity index (χ0n) is 13.4. The van der Waals surface area contributed by atoms with Gasteiger partial charge in [-0.2, -0.15) is 0 Å². The third-order valence-corrected chi connectivity index (χ3v) is 3.10. The summed E-state index contributed by atoms with van der Waals surface area (Å²) in [6.07, 6.45) is 0. The van der Waals surface area contributed by atoms with Crippen molar-refractivity contribution in [1.82, 2.24) is 10.6 Å². The number of halogens is 1. The molecule has 0 amide bonds. The lowest BCUT2D eigenvalue weighted by Gasteiger charge is -2.24. The Bertz CT molecular complexity index is 450. The van der Waals surface area contributed by atoms with Crippen LogP contribution in [0.25, 0.3) is 0 Å². The molecule has 0 bridgehead atoms. The fourth-order valence-electron chi connectivity index (χ4n) is 1.62. The van der Waals surface area contributed by atoms with Gasteiger partial charge in [-0.1, -0.05) is 18.2 Å². The summed E-state index contributed by atoms with van der Waals surface area (Å²) in [7, 11) is 5.12. The minimum atomic E-state index is -0.234. The van der Waals surface area contributed by atoms with Crippen molar-refractivity contribution in [3.05, 3.63) is 29.8 Å². The Kier molecular flexibility index (Phi) is 9.36. The molecule has 21 heavy (non-hydrogen) atoms. The monoisotopic (exact) mass is 407 g/mol. The first kappa shape index (κ1) is 20.0. The molecule has 2 N–H and O–H groups in total. The van der Waals surface area contributed by atoms with Gasteiger partial charge in [0.25, 0.3) is 0 Å². The third kappa shape index (κ3) is 6.99. The van der Waals surface area contributed by atoms with E-state index in [1.54, 1.807) is 21.3 Å². The second-order valence-corrected chi connectivity index (χ2v) is 5.05. The van der Waals surface area contributed by atoms with Crippen molar-refractivity contribution in [2.24, 2.45) is 4.99 Å². The van der Waals surface area contributed by atoms with Crippen LogP contribution in [0.15, 0.2) is 29.3 Å². The van der Waals surface area contributed by atoms with Crippen LogP contribution < -0.4 is 15.4 Å². The fraction of sp³-hybridized carbons (Fsp3) is 0.533. The van der Waals surface area contributed by atoms with Gasteiger partial charge in [0, 0.05) is 32.8 Å². The molecule has 0 aliphatic heterocycles. The highest BCUT2D eigenvalue weighted by Gasteiger charge is 2.16. The Hall–Kier alpha value is -1.02. The van der Waals surface area contributed by atoms with E-state index in [1.165, 1.54) is 0 Å². The number of benzene rings is 1. The summed E-state index contributed by atoms with van der Waals surface area (Å²) in [5, 5.41) is 6.50. The predicted octanol–water partition coefficient (Wildman–Crippen LogP) is 2.40. The van der Waals surface area contributed by atoms with Gasteiger partial charge >= 0.3 is 0 Å². The van der Waals surface area contributed by atoms with E-state index in [-0.39, 0.29) is 29.6 Å². The first-order valence-electron chi connectivity index (χ1n) is 6.64. The summed E-state index contributed by atoms with van der Waals surface area (Å²) in [6.45, 7) is 5.37. The zero-order valence-corrected chi connectivity index (χ0v) is 15.7. The van der Waals surface area contributed by atoms with E-state index in [2.05, 4.69) is 15.6 Å². The topological polar surface area (TPSA) is 54.9 Å². The maximum atomic E-state index is 5.37. The summed E-state index contributed by atoms with van der Waals surface area (Å²) < 4.78 is 10.7. The number of hydrogen-bond acceptors (Lipinski definition) is 3. The molecule has 0 aliphatic carbocycles. The molecule has 120 valence electrons. The molecule has 0 aromatic heterocycles. The normalized spacial score (nSPS) is 11.6. The molecule has 0 unspecified atom stereocenters. The number of rotatable bonds is 6. The molecule has 0 spiro atoms. The van der Waals surface area contributed by atoms with Gasteiger partial charge in [0.2, 0.25) is 0 Å². The quantitative estimate of drug-likeness (QED) is 0.432. The standard InChI is InChI=1S/C15H25N3O2.HI/c1-15(2,20-5)11-18-14(16-3)17-10-12-8-6-7-9-13(12)19-4;/h6-9H,10-11H2,1-5H3,(H2,16,17,18);1H. The first-order valence-corrected chi connectivity index (χ1v) is 6.64. The number of nitrogens with zero attached hydrogens (tertiary/aromatic N) is 1. The van der Waals surface area contributed by atoms with Crippen LogP contribution in [0.4, 0.5) is 0 Å². The van der Waals surface area contributed by atoms with Crippen molar-refractivity contribution in [1.29, 1.82) is 0 Å². The van der Waals surface area contributed by atoms with Crippen LogP contribution in [-0.2, 0) is 11.3 Å². The highest BCUT2D eigenvalue weighted by molar-refractivity contribution is 14.0. The van der Waals surface area contributed by atoms with E-state index in [0.717, 1.165) is 17.3 Å². The summed E-state index contributed by atoms with van der Waals surface area (Å²) >= 11 is 0. The van der Waals surface area contributed by atoms with Crippen molar-refractivity contribution in [3.8, 4) is 5.75 Å². The van der Waals surface area contributed by atoms with Crippen LogP contribution in [0.5, 0.6) is 5.75 Å². The Balaban J connectivity index is 0.00000400. The third-order valence-electron chi connectivity index (χ3n) is 3.10. The highest BCUT2D eigenvalue weighted by Crippen LogP contribution is 2.16. The molecule has 0 radical (unpaired) electrons. The predicted molar refractivity (Wildman–Crippen MR) is 97.7 cm³/mol. The molecule has 0 aliphatic rings. The largest absolute Gasteiger partial charge is 0.496 e. The number of guanidine groups is 1. The molecule has 0 fully saturated rings. The van der Waals surface area contributed by atoms with Crippen LogP contribution in [0.3, 0.4) is 0 Å². The molecular weight excluding hydrogens is 381 g/mol. The van der Waals surface area contributed by atoms with Crippen LogP contribution >= 0.6 is 24.0 Å². The molecule has 0 heterocycles. The highest BCUT2D eigenvalue weighted by atomic mass is 127. The molecule has 1 rings (SSSR count). The number of nitrogens with one attached hydrogen (secondary N) is 2. The summed E-state index contributed by atoms with van der Waals surface area (Å²) in [4.78, 5) is 4.19. The summed E-state index contributed by atoms with van der Waals surface area (Å²) in [5.74, 6) is 1.61. The zero-order chi connectivity index (χ0) is 15.0. The molecule has 5 nitrogen and oxygen atoms in total. The van der Waals surface area contributed by atoms with Crippen molar-refractivity contribution in [2.45, 2.75) is 26.0 Å². The number of methoxy groups -OCH3 is 2. The van der Waals surface area contributed by atoms with Gasteiger partial charge in [-0.3, -0.25) is 4.99 Å². The Morgan fingerprint density at radius 2 is 1.86 bits per heavy atom. The van der Waals surface area contributed by atoms with E-state index in [9.17, 15) is 0 Å². The number of aliphatic imine (C=N–C) groups is 1. The Morgan fingerprint density at radius 3 is 2.43 bits per heavy atom. The van der Waals surface area contributed by atoms with Gasteiger partial charge < -0.3 is 20.1 Å². The van der Waals surface area contributed by atoms with Crippen LogP contribution in [0.2, 0.25) is 0 Å². The average Bonchev–Trinajstić information content (AvgIpc) is 2.47. The molecule has 1 aromatic carbocycles. The lowest BCUT2D eigenvalue weighted by atomic mass is 10.1. The van der Waals surface area contributed by atoms with Gasteiger partial charge in [-0.25, -0.2) is 0 Å². The lowest BCUT2D eigenvalue weighted by Crippen LogP contribution is -2.45. The van der Waals surface area contributed by atoms with Crippen molar-refractivity contribution in [3.63, 3.8) is 0 Å². The molecule has 0 saturated carbocycles. The first-order chi connectivity index (χ1) is 9.52. The SMILES string of the molecule is CN=C(NCc1ccccc1OC)NCC(C)(C)OC.I. The van der Waals surface area contributed by atoms with Gasteiger partial charge in [0.05, 0.1) is 12.7 Å².